The molecule has 0 fully saturated rings. The van der Waals surface area contributed by atoms with Gasteiger partial charge in [-0.3, -0.25) is 9.59 Å². The number of alkyl halides is 1. The van der Waals surface area contributed by atoms with Crippen molar-refractivity contribution in [3.05, 3.63) is 70.8 Å². The molecule has 0 heterocycles. The maximum absolute atomic E-state index is 12.3. The van der Waals surface area contributed by atoms with Gasteiger partial charge in [-0.1, -0.05) is 75.6 Å². The minimum atomic E-state index is -0.840. The van der Waals surface area contributed by atoms with Crippen molar-refractivity contribution in [2.45, 2.75) is 18.7 Å². The molecule has 2 rings (SSSR count). The van der Waals surface area contributed by atoms with Gasteiger partial charge < -0.3 is 0 Å². The van der Waals surface area contributed by atoms with Crippen molar-refractivity contribution in [1.82, 2.24) is 0 Å². The maximum atomic E-state index is 12.3. The van der Waals surface area contributed by atoms with Crippen LogP contribution < -0.4 is 0 Å². The predicted molar refractivity (Wildman–Crippen MR) is 83.7 cm³/mol. The lowest BCUT2D eigenvalue weighted by Crippen LogP contribution is -2.24. The summed E-state index contributed by atoms with van der Waals surface area (Å²) in [5.41, 5.74) is 3.24. The topological polar surface area (TPSA) is 34.1 Å². The van der Waals surface area contributed by atoms with Gasteiger partial charge in [0.25, 0.3) is 0 Å². The molecule has 0 amide bonds. The van der Waals surface area contributed by atoms with E-state index in [2.05, 4.69) is 15.9 Å². The maximum Gasteiger partial charge on any atom is 0.184 e. The van der Waals surface area contributed by atoms with E-state index in [9.17, 15) is 9.59 Å². The van der Waals surface area contributed by atoms with E-state index in [0.717, 1.165) is 11.1 Å². The highest BCUT2D eigenvalue weighted by molar-refractivity contribution is 9.10. The number of hydrogen-bond acceptors (Lipinski definition) is 2. The molecular formula is C17H15BrO2. The molecule has 0 radical (unpaired) electrons. The fourth-order valence-corrected chi connectivity index (χ4v) is 2.38. The second-order valence-corrected chi connectivity index (χ2v) is 5.74. The van der Waals surface area contributed by atoms with Gasteiger partial charge in [0.05, 0.1) is 0 Å². The molecule has 0 aliphatic carbocycles. The average Bonchev–Trinajstić information content (AvgIpc) is 2.46. The molecule has 0 saturated carbocycles. The minimum absolute atomic E-state index is 0.212. The van der Waals surface area contributed by atoms with Crippen molar-refractivity contribution in [3.63, 3.8) is 0 Å². The predicted octanol–water partition coefficient (Wildman–Crippen LogP) is 4.13. The summed E-state index contributed by atoms with van der Waals surface area (Å²) in [4.78, 5) is 23.7. The summed E-state index contributed by atoms with van der Waals surface area (Å²) >= 11 is 3.22. The highest BCUT2D eigenvalue weighted by Crippen LogP contribution is 2.17. The molecule has 20 heavy (non-hydrogen) atoms. The van der Waals surface area contributed by atoms with Crippen LogP contribution in [0.4, 0.5) is 0 Å². The van der Waals surface area contributed by atoms with Crippen LogP contribution in [0, 0.1) is 13.8 Å². The van der Waals surface area contributed by atoms with E-state index in [1.165, 1.54) is 0 Å². The van der Waals surface area contributed by atoms with Gasteiger partial charge in [0.2, 0.25) is 0 Å². The first-order chi connectivity index (χ1) is 9.49. The first kappa shape index (κ1) is 14.7. The Morgan fingerprint density at radius 3 is 1.35 bits per heavy atom. The summed E-state index contributed by atoms with van der Waals surface area (Å²) in [6.07, 6.45) is 0. The summed E-state index contributed by atoms with van der Waals surface area (Å²) in [6.45, 7) is 3.91. The van der Waals surface area contributed by atoms with E-state index in [-0.39, 0.29) is 11.6 Å². The Hall–Kier alpha value is -1.74. The van der Waals surface area contributed by atoms with Crippen LogP contribution in [0.5, 0.6) is 0 Å². The summed E-state index contributed by atoms with van der Waals surface area (Å²) in [7, 11) is 0. The fraction of sp³-hybridized carbons (Fsp3) is 0.176. The van der Waals surface area contributed by atoms with Gasteiger partial charge in [0, 0.05) is 11.1 Å². The first-order valence-corrected chi connectivity index (χ1v) is 7.26. The van der Waals surface area contributed by atoms with E-state index in [1.807, 2.05) is 38.1 Å². The lowest BCUT2D eigenvalue weighted by atomic mass is 10.00. The third kappa shape index (κ3) is 3.23. The Labute approximate surface area is 127 Å². The molecule has 2 nitrogen and oxygen atoms in total. The monoisotopic (exact) mass is 330 g/mol. The van der Waals surface area contributed by atoms with Crippen molar-refractivity contribution in [1.29, 1.82) is 0 Å². The van der Waals surface area contributed by atoms with Gasteiger partial charge in [-0.2, -0.15) is 0 Å². The normalized spacial score (nSPS) is 10.6. The second-order valence-electron chi connectivity index (χ2n) is 4.82. The zero-order chi connectivity index (χ0) is 14.7. The summed E-state index contributed by atoms with van der Waals surface area (Å²) < 4.78 is 0. The lowest BCUT2D eigenvalue weighted by molar-refractivity contribution is 0.0906. The van der Waals surface area contributed by atoms with Crippen molar-refractivity contribution in [3.8, 4) is 0 Å². The summed E-state index contributed by atoms with van der Waals surface area (Å²) in [5, 5.41) is 0. The van der Waals surface area contributed by atoms with E-state index in [0.29, 0.717) is 11.1 Å². The molecule has 0 bridgehead atoms. The molecule has 2 aromatic rings. The SMILES string of the molecule is Cc1ccc(C(=O)C(Br)C(=O)c2ccc(C)cc2)cc1. The van der Waals surface area contributed by atoms with E-state index >= 15 is 0 Å². The Morgan fingerprint density at radius 1 is 0.750 bits per heavy atom. The minimum Gasteiger partial charge on any atom is -0.292 e. The zero-order valence-electron chi connectivity index (χ0n) is 11.4. The number of carbonyl (C=O) groups is 2. The number of rotatable bonds is 4. The largest absolute Gasteiger partial charge is 0.292 e. The smallest absolute Gasteiger partial charge is 0.184 e. The van der Waals surface area contributed by atoms with Crippen LogP contribution in [0.2, 0.25) is 0 Å². The zero-order valence-corrected chi connectivity index (χ0v) is 13.0. The molecule has 102 valence electrons. The molecule has 0 aromatic heterocycles. The van der Waals surface area contributed by atoms with Crippen LogP contribution in [0.1, 0.15) is 31.8 Å². The second kappa shape index (κ2) is 6.14. The van der Waals surface area contributed by atoms with Gasteiger partial charge in [-0.25, -0.2) is 0 Å². The Morgan fingerprint density at radius 2 is 1.05 bits per heavy atom. The number of halogens is 1. The molecule has 0 spiro atoms. The molecule has 2 aromatic carbocycles. The standard InChI is InChI=1S/C17H15BrO2/c1-11-3-7-13(8-4-11)16(19)15(18)17(20)14-9-5-12(2)6-10-14/h3-10,15H,1-2H3. The first-order valence-electron chi connectivity index (χ1n) is 6.35. The molecule has 0 aliphatic heterocycles. The van der Waals surface area contributed by atoms with E-state index < -0.39 is 4.83 Å². The van der Waals surface area contributed by atoms with Crippen LogP contribution in [-0.2, 0) is 0 Å². The molecule has 0 unspecified atom stereocenters. The van der Waals surface area contributed by atoms with Crippen LogP contribution in [0.15, 0.2) is 48.5 Å². The number of ketones is 2. The van der Waals surface area contributed by atoms with Gasteiger partial charge in [-0.15, -0.1) is 0 Å². The third-order valence-electron chi connectivity index (χ3n) is 3.13. The number of carbonyl (C=O) groups excluding carboxylic acids is 2. The van der Waals surface area contributed by atoms with Crippen LogP contribution in [-0.4, -0.2) is 16.4 Å². The average molecular weight is 331 g/mol. The fourth-order valence-electron chi connectivity index (χ4n) is 1.85. The van der Waals surface area contributed by atoms with Crippen molar-refractivity contribution in [2.24, 2.45) is 0 Å². The quantitative estimate of drug-likeness (QED) is 0.479. The summed E-state index contributed by atoms with van der Waals surface area (Å²) in [6, 6.07) is 14.4. The van der Waals surface area contributed by atoms with Crippen molar-refractivity contribution < 1.29 is 9.59 Å². The lowest BCUT2D eigenvalue weighted by Gasteiger charge is -2.09. The molecular weight excluding hydrogens is 316 g/mol. The number of Topliss-reactive ketones (excluding diaryl/α,β-unsaturated/α-hetero) is 2. The Balaban J connectivity index is 2.20. The van der Waals surface area contributed by atoms with Gasteiger partial charge in [0.1, 0.15) is 4.83 Å². The molecule has 0 saturated heterocycles. The van der Waals surface area contributed by atoms with Crippen LogP contribution >= 0.6 is 15.9 Å². The third-order valence-corrected chi connectivity index (χ3v) is 3.96. The summed E-state index contributed by atoms with van der Waals surface area (Å²) in [5.74, 6) is -0.425. The number of benzene rings is 2. The Bertz CT molecular complexity index is 570. The van der Waals surface area contributed by atoms with Gasteiger partial charge >= 0.3 is 0 Å². The number of hydrogen-bond donors (Lipinski definition) is 0. The van der Waals surface area contributed by atoms with Gasteiger partial charge in [-0.05, 0) is 13.8 Å². The molecule has 0 aliphatic rings. The highest BCUT2D eigenvalue weighted by Gasteiger charge is 2.25. The van der Waals surface area contributed by atoms with Crippen LogP contribution in [0.3, 0.4) is 0 Å². The molecule has 0 atom stereocenters. The molecule has 0 N–H and O–H groups in total. The van der Waals surface area contributed by atoms with Crippen molar-refractivity contribution >= 4 is 27.5 Å². The Kier molecular flexibility index (Phi) is 4.50. The van der Waals surface area contributed by atoms with Crippen molar-refractivity contribution in [2.75, 3.05) is 0 Å². The van der Waals surface area contributed by atoms with E-state index in [1.54, 1.807) is 24.3 Å². The molecule has 3 heteroatoms. The van der Waals surface area contributed by atoms with E-state index in [4.69, 9.17) is 0 Å². The number of aryl methyl sites for hydroxylation is 2. The van der Waals surface area contributed by atoms with Gasteiger partial charge in [0.15, 0.2) is 11.6 Å². The highest BCUT2D eigenvalue weighted by atomic mass is 79.9. The van der Waals surface area contributed by atoms with Crippen LogP contribution in [0.25, 0.3) is 0 Å².